The van der Waals surface area contributed by atoms with Gasteiger partial charge in [0, 0.05) is 18.2 Å². The van der Waals surface area contributed by atoms with Crippen molar-refractivity contribution in [2.45, 2.75) is 26.8 Å². The number of hydrogen-bond donors (Lipinski definition) is 1. The lowest BCUT2D eigenvalue weighted by Crippen LogP contribution is -2.32. The molecule has 1 N–H and O–H groups in total. The van der Waals surface area contributed by atoms with Gasteiger partial charge in [-0.2, -0.15) is 10.2 Å². The van der Waals surface area contributed by atoms with E-state index in [0.717, 1.165) is 0 Å². The Bertz CT molecular complexity index is 1020. The molecule has 0 radical (unpaired) electrons. The first-order chi connectivity index (χ1) is 15.7. The smallest absolute Gasteiger partial charge is 0.258 e. The largest absolute Gasteiger partial charge is 0.495 e. The van der Waals surface area contributed by atoms with E-state index < -0.39 is 17.7 Å². The van der Waals surface area contributed by atoms with Crippen LogP contribution in [0, 0.1) is 0 Å². The zero-order chi connectivity index (χ0) is 24.5. The lowest BCUT2D eigenvalue weighted by molar-refractivity contribution is -0.126. The zero-order valence-electron chi connectivity index (χ0n) is 18.9. The van der Waals surface area contributed by atoms with Crippen LogP contribution in [0.4, 0.5) is 11.4 Å². The summed E-state index contributed by atoms with van der Waals surface area (Å²) in [5.74, 6) is 0.131. The predicted molar refractivity (Wildman–Crippen MR) is 126 cm³/mol. The molecule has 2 rings (SSSR count). The number of halogens is 2. The molecule has 2 aromatic carbocycles. The van der Waals surface area contributed by atoms with Crippen LogP contribution in [0.15, 0.2) is 34.5 Å². The molecular weight excluding hydrogens is 473 g/mol. The molecule has 0 aromatic heterocycles. The van der Waals surface area contributed by atoms with E-state index >= 15 is 0 Å². The van der Waals surface area contributed by atoms with Gasteiger partial charge in [0.15, 0.2) is 5.78 Å². The van der Waals surface area contributed by atoms with E-state index in [1.807, 2.05) is 0 Å². The molecule has 0 aliphatic carbocycles. The van der Waals surface area contributed by atoms with Crippen LogP contribution >= 0.6 is 23.2 Å². The highest BCUT2D eigenvalue weighted by molar-refractivity contribution is 6.33. The van der Waals surface area contributed by atoms with Crippen molar-refractivity contribution in [3.8, 4) is 23.0 Å². The van der Waals surface area contributed by atoms with Crippen LogP contribution in [0.25, 0.3) is 0 Å². The van der Waals surface area contributed by atoms with Crippen molar-refractivity contribution >= 4 is 46.3 Å². The van der Waals surface area contributed by atoms with Crippen LogP contribution in [0.1, 0.15) is 20.8 Å². The number of ether oxygens (including phenoxy) is 4. The number of carbonyl (C=O) groups excluding carboxylic acids is 2. The van der Waals surface area contributed by atoms with Gasteiger partial charge >= 0.3 is 0 Å². The van der Waals surface area contributed by atoms with Crippen LogP contribution in [0.3, 0.4) is 0 Å². The van der Waals surface area contributed by atoms with Gasteiger partial charge in [-0.3, -0.25) is 9.59 Å². The van der Waals surface area contributed by atoms with Crippen molar-refractivity contribution < 1.29 is 28.5 Å². The third-order valence-corrected chi connectivity index (χ3v) is 4.91. The van der Waals surface area contributed by atoms with Gasteiger partial charge in [-0.05, 0) is 26.8 Å². The van der Waals surface area contributed by atoms with Crippen molar-refractivity contribution in [3.63, 3.8) is 0 Å². The number of nitrogens with zero attached hydrogens (tertiary/aromatic N) is 2. The Morgan fingerprint density at radius 2 is 1.52 bits per heavy atom. The second kappa shape index (κ2) is 12.3. The molecule has 0 aliphatic rings. The Balaban J connectivity index is 2.34. The van der Waals surface area contributed by atoms with E-state index in [-0.39, 0.29) is 10.7 Å². The molecule has 1 atom stereocenters. The molecular formula is C22H25Cl2N3O6. The van der Waals surface area contributed by atoms with Gasteiger partial charge in [0.05, 0.1) is 43.8 Å². The standard InChI is InChI=1S/C22H25Cl2N3O6/c1-6-32-18-8-13(9-19(20(18)24)33-7-2)26-27-21(12(3)28)22(29)25-15-10-14(23)16(30-4)11-17(15)31-5/h8-11,21H,6-7H2,1-5H3,(H,25,29). The van der Waals surface area contributed by atoms with Gasteiger partial charge in [-0.25, -0.2) is 0 Å². The van der Waals surface area contributed by atoms with Crippen molar-refractivity contribution in [3.05, 3.63) is 34.3 Å². The van der Waals surface area contributed by atoms with Crippen LogP contribution in [0.5, 0.6) is 23.0 Å². The molecule has 0 fully saturated rings. The Labute approximate surface area is 202 Å². The van der Waals surface area contributed by atoms with E-state index in [4.69, 9.17) is 42.1 Å². The molecule has 33 heavy (non-hydrogen) atoms. The molecule has 0 aliphatic heterocycles. The van der Waals surface area contributed by atoms with Crippen molar-refractivity contribution in [1.29, 1.82) is 0 Å². The Morgan fingerprint density at radius 1 is 0.939 bits per heavy atom. The summed E-state index contributed by atoms with van der Waals surface area (Å²) in [6.07, 6.45) is 0. The van der Waals surface area contributed by atoms with Crippen LogP contribution in [-0.2, 0) is 9.59 Å². The molecule has 0 heterocycles. The SMILES string of the molecule is CCOc1cc(N=NC(C(C)=O)C(=O)Nc2cc(Cl)c(OC)cc2OC)cc(OCC)c1Cl. The van der Waals surface area contributed by atoms with Crippen LogP contribution in [0.2, 0.25) is 10.0 Å². The summed E-state index contributed by atoms with van der Waals surface area (Å²) in [7, 11) is 2.88. The van der Waals surface area contributed by atoms with E-state index in [2.05, 4.69) is 15.5 Å². The number of nitrogens with one attached hydrogen (secondary N) is 1. The summed E-state index contributed by atoms with van der Waals surface area (Å²) in [6, 6.07) is 4.63. The molecule has 1 unspecified atom stereocenters. The zero-order valence-corrected chi connectivity index (χ0v) is 20.4. The highest BCUT2D eigenvalue weighted by atomic mass is 35.5. The number of carbonyl (C=O) groups is 2. The van der Waals surface area contributed by atoms with E-state index in [9.17, 15) is 9.59 Å². The first kappa shape index (κ1) is 26.2. The van der Waals surface area contributed by atoms with Gasteiger partial charge in [-0.1, -0.05) is 23.2 Å². The Morgan fingerprint density at radius 3 is 2.00 bits per heavy atom. The number of hydrogen-bond acceptors (Lipinski definition) is 8. The first-order valence-corrected chi connectivity index (χ1v) is 10.7. The fourth-order valence-electron chi connectivity index (χ4n) is 2.74. The highest BCUT2D eigenvalue weighted by Crippen LogP contribution is 2.39. The molecule has 178 valence electrons. The van der Waals surface area contributed by atoms with Gasteiger partial charge in [-0.15, -0.1) is 0 Å². The second-order valence-corrected chi connectivity index (χ2v) is 7.31. The third kappa shape index (κ3) is 6.72. The molecule has 9 nitrogen and oxygen atoms in total. The molecule has 0 saturated heterocycles. The average molecular weight is 498 g/mol. The number of amides is 1. The Hall–Kier alpha value is -3.04. The van der Waals surface area contributed by atoms with E-state index in [1.54, 1.807) is 26.0 Å². The van der Waals surface area contributed by atoms with Gasteiger partial charge in [0.25, 0.3) is 5.91 Å². The van der Waals surface area contributed by atoms with Gasteiger partial charge < -0.3 is 24.3 Å². The van der Waals surface area contributed by atoms with Crippen LogP contribution < -0.4 is 24.3 Å². The van der Waals surface area contributed by atoms with Crippen molar-refractivity contribution in [2.75, 3.05) is 32.8 Å². The summed E-state index contributed by atoms with van der Waals surface area (Å²) in [5, 5.41) is 11.1. The number of Topliss-reactive ketones (excluding diaryl/α,β-unsaturated/α-hetero) is 1. The molecule has 11 heteroatoms. The predicted octanol–water partition coefficient (Wildman–Crippen LogP) is 5.49. The minimum absolute atomic E-state index is 0.249. The highest BCUT2D eigenvalue weighted by Gasteiger charge is 2.25. The van der Waals surface area contributed by atoms with Gasteiger partial charge in [0.2, 0.25) is 6.04 Å². The molecule has 1 amide bonds. The lowest BCUT2D eigenvalue weighted by Gasteiger charge is -2.15. The fraction of sp³-hybridized carbons (Fsp3) is 0.364. The summed E-state index contributed by atoms with van der Waals surface area (Å²) < 4.78 is 21.4. The quantitative estimate of drug-likeness (QED) is 0.324. The first-order valence-electron chi connectivity index (χ1n) is 9.98. The topological polar surface area (TPSA) is 108 Å². The van der Waals surface area contributed by atoms with Crippen molar-refractivity contribution in [2.24, 2.45) is 10.2 Å². The maximum absolute atomic E-state index is 12.8. The molecule has 0 bridgehead atoms. The maximum atomic E-state index is 12.8. The third-order valence-electron chi connectivity index (χ3n) is 4.24. The fourth-order valence-corrected chi connectivity index (χ4v) is 3.20. The minimum Gasteiger partial charge on any atom is -0.495 e. The average Bonchev–Trinajstić information content (AvgIpc) is 2.77. The van der Waals surface area contributed by atoms with E-state index in [1.165, 1.54) is 33.3 Å². The number of benzene rings is 2. The monoisotopic (exact) mass is 497 g/mol. The number of anilines is 1. The molecule has 2 aromatic rings. The Kier molecular flexibility index (Phi) is 9.74. The van der Waals surface area contributed by atoms with Gasteiger partial charge in [0.1, 0.15) is 28.0 Å². The lowest BCUT2D eigenvalue weighted by atomic mass is 10.2. The normalized spacial score (nSPS) is 11.7. The minimum atomic E-state index is -1.42. The number of rotatable bonds is 11. The number of ketones is 1. The maximum Gasteiger partial charge on any atom is 0.258 e. The summed E-state index contributed by atoms with van der Waals surface area (Å²) in [5.41, 5.74) is 0.550. The number of azo groups is 1. The van der Waals surface area contributed by atoms with E-state index in [0.29, 0.717) is 46.9 Å². The second-order valence-electron chi connectivity index (χ2n) is 6.53. The number of methoxy groups -OCH3 is 2. The molecule has 0 saturated carbocycles. The van der Waals surface area contributed by atoms with Crippen molar-refractivity contribution in [1.82, 2.24) is 0 Å². The van der Waals surface area contributed by atoms with Crippen LogP contribution in [-0.4, -0.2) is 45.2 Å². The summed E-state index contributed by atoms with van der Waals surface area (Å²) in [4.78, 5) is 25.0. The summed E-state index contributed by atoms with van der Waals surface area (Å²) in [6.45, 7) is 5.59. The molecule has 0 spiro atoms. The summed E-state index contributed by atoms with van der Waals surface area (Å²) >= 11 is 12.4.